The molecule has 0 radical (unpaired) electrons. The monoisotopic (exact) mass is 220 g/mol. The average molecular weight is 220 g/mol. The number of halogens is 2. The normalized spacial score (nSPS) is 29.8. The maximum atomic E-state index is 12.9. The minimum atomic E-state index is -2.46. The van der Waals surface area contributed by atoms with E-state index in [1.54, 1.807) is 0 Å². The number of alkyl halides is 2. The lowest BCUT2D eigenvalue weighted by molar-refractivity contribution is -0.131. The molecule has 0 aliphatic carbocycles. The first kappa shape index (κ1) is 11.2. The second-order valence-corrected chi connectivity index (χ2v) is 4.83. The quantitative estimate of drug-likeness (QED) is 0.760. The first-order valence-electron chi connectivity index (χ1n) is 5.43. The number of hydrogen-bond donors (Lipinski definition) is 1. The van der Waals surface area contributed by atoms with Gasteiger partial charge in [0.1, 0.15) is 0 Å². The summed E-state index contributed by atoms with van der Waals surface area (Å²) in [5.41, 5.74) is 5.72. The highest BCUT2D eigenvalue weighted by Crippen LogP contribution is 2.32. The van der Waals surface area contributed by atoms with Crippen LogP contribution < -0.4 is 5.73 Å². The molecule has 2 aliphatic rings. The minimum absolute atomic E-state index is 0.0193. The molecule has 2 N–H and O–H groups in total. The molecule has 5 heteroatoms. The largest absolute Gasteiger partial charge is 0.380 e. The van der Waals surface area contributed by atoms with Crippen molar-refractivity contribution < 1.29 is 13.5 Å². The van der Waals surface area contributed by atoms with Gasteiger partial charge >= 0.3 is 0 Å². The van der Waals surface area contributed by atoms with Crippen molar-refractivity contribution in [2.45, 2.75) is 18.8 Å². The van der Waals surface area contributed by atoms with Gasteiger partial charge in [0.25, 0.3) is 5.92 Å². The van der Waals surface area contributed by atoms with Crippen molar-refractivity contribution in [1.82, 2.24) is 4.90 Å². The molecule has 2 saturated heterocycles. The molecule has 2 heterocycles. The van der Waals surface area contributed by atoms with Crippen LogP contribution in [-0.2, 0) is 4.74 Å². The summed E-state index contributed by atoms with van der Waals surface area (Å²) in [5.74, 6) is -2.46. The van der Waals surface area contributed by atoms with Crippen molar-refractivity contribution in [3.8, 4) is 0 Å². The molecule has 2 aliphatic heterocycles. The third-order valence-corrected chi connectivity index (χ3v) is 3.40. The smallest absolute Gasteiger partial charge is 0.250 e. The summed E-state index contributed by atoms with van der Waals surface area (Å²) < 4.78 is 31.0. The minimum Gasteiger partial charge on any atom is -0.380 e. The molecule has 0 saturated carbocycles. The van der Waals surface area contributed by atoms with E-state index in [0.29, 0.717) is 32.8 Å². The highest BCUT2D eigenvalue weighted by atomic mass is 19.3. The van der Waals surface area contributed by atoms with Crippen LogP contribution in [0.25, 0.3) is 0 Å². The third-order valence-electron chi connectivity index (χ3n) is 3.40. The predicted molar refractivity (Wildman–Crippen MR) is 52.9 cm³/mol. The van der Waals surface area contributed by atoms with Crippen molar-refractivity contribution in [2.75, 3.05) is 39.4 Å². The molecule has 0 amide bonds. The molecule has 0 aromatic heterocycles. The van der Waals surface area contributed by atoms with Crippen LogP contribution in [0, 0.1) is 5.41 Å². The van der Waals surface area contributed by atoms with Crippen LogP contribution in [0.5, 0.6) is 0 Å². The molecule has 2 rings (SSSR count). The molecule has 3 nitrogen and oxygen atoms in total. The predicted octanol–water partition coefficient (Wildman–Crippen LogP) is 0.693. The Bertz CT molecular complexity index is 216. The van der Waals surface area contributed by atoms with Crippen molar-refractivity contribution in [1.29, 1.82) is 0 Å². The van der Waals surface area contributed by atoms with E-state index in [9.17, 15) is 8.78 Å². The second-order valence-electron chi connectivity index (χ2n) is 4.83. The zero-order valence-corrected chi connectivity index (χ0v) is 8.85. The Hall–Kier alpha value is -0.260. The van der Waals surface area contributed by atoms with Gasteiger partial charge in [-0.25, -0.2) is 8.78 Å². The van der Waals surface area contributed by atoms with E-state index in [1.807, 2.05) is 0 Å². The van der Waals surface area contributed by atoms with Crippen molar-refractivity contribution >= 4 is 0 Å². The first-order valence-corrected chi connectivity index (χ1v) is 5.43. The van der Waals surface area contributed by atoms with E-state index in [2.05, 4.69) is 4.90 Å². The molecule has 0 aromatic carbocycles. The maximum absolute atomic E-state index is 12.9. The van der Waals surface area contributed by atoms with Crippen LogP contribution in [0.15, 0.2) is 0 Å². The Balaban J connectivity index is 1.81. The SMILES string of the molecule is NCC1(CN2CCC(F)(F)CC2)COC1. The van der Waals surface area contributed by atoms with Gasteiger partial charge in [0.15, 0.2) is 0 Å². The summed E-state index contributed by atoms with van der Waals surface area (Å²) in [6.07, 6.45) is -0.0387. The number of nitrogens with two attached hydrogens (primary N) is 1. The van der Waals surface area contributed by atoms with Gasteiger partial charge in [-0.2, -0.15) is 0 Å². The van der Waals surface area contributed by atoms with Crippen molar-refractivity contribution in [2.24, 2.45) is 11.1 Å². The summed E-state index contributed by atoms with van der Waals surface area (Å²) in [6, 6.07) is 0. The van der Waals surface area contributed by atoms with Crippen molar-refractivity contribution in [3.05, 3.63) is 0 Å². The average Bonchev–Trinajstić information content (AvgIpc) is 2.14. The van der Waals surface area contributed by atoms with E-state index in [4.69, 9.17) is 10.5 Å². The van der Waals surface area contributed by atoms with Crippen LogP contribution in [0.2, 0.25) is 0 Å². The fraction of sp³-hybridized carbons (Fsp3) is 1.00. The van der Waals surface area contributed by atoms with Gasteiger partial charge in [0.05, 0.1) is 13.2 Å². The molecule has 0 unspecified atom stereocenters. The number of rotatable bonds is 3. The lowest BCUT2D eigenvalue weighted by Gasteiger charge is -2.45. The van der Waals surface area contributed by atoms with Crippen LogP contribution in [0.1, 0.15) is 12.8 Å². The first-order chi connectivity index (χ1) is 7.05. The number of hydrogen-bond acceptors (Lipinski definition) is 3. The van der Waals surface area contributed by atoms with Crippen molar-refractivity contribution in [3.63, 3.8) is 0 Å². The zero-order chi connectivity index (χ0) is 10.9. The van der Waals surface area contributed by atoms with Crippen LogP contribution >= 0.6 is 0 Å². The summed E-state index contributed by atoms with van der Waals surface area (Å²) >= 11 is 0. The second kappa shape index (κ2) is 3.96. The highest BCUT2D eigenvalue weighted by molar-refractivity contribution is 4.91. The third kappa shape index (κ3) is 2.46. The fourth-order valence-electron chi connectivity index (χ4n) is 2.18. The molecule has 0 aromatic rings. The van der Waals surface area contributed by atoms with Gasteiger partial charge in [0, 0.05) is 44.4 Å². The Kier molecular flexibility index (Phi) is 2.96. The highest BCUT2D eigenvalue weighted by Gasteiger charge is 2.41. The summed E-state index contributed by atoms with van der Waals surface area (Å²) in [7, 11) is 0. The Labute approximate surface area is 88.6 Å². The van der Waals surface area contributed by atoms with Gasteiger partial charge in [-0.3, -0.25) is 0 Å². The summed E-state index contributed by atoms with van der Waals surface area (Å²) in [5, 5.41) is 0. The maximum Gasteiger partial charge on any atom is 0.250 e. The van der Waals surface area contributed by atoms with Gasteiger partial charge in [0.2, 0.25) is 0 Å². The number of ether oxygens (including phenoxy) is 1. The Morgan fingerprint density at radius 1 is 1.20 bits per heavy atom. The van der Waals surface area contributed by atoms with E-state index in [-0.39, 0.29) is 18.3 Å². The topological polar surface area (TPSA) is 38.5 Å². The van der Waals surface area contributed by atoms with Gasteiger partial charge in [-0.05, 0) is 0 Å². The molecular formula is C10H18F2N2O. The van der Waals surface area contributed by atoms with E-state index in [1.165, 1.54) is 0 Å². The summed E-state index contributed by atoms with van der Waals surface area (Å²) in [4.78, 5) is 2.09. The molecular weight excluding hydrogens is 202 g/mol. The van der Waals surface area contributed by atoms with E-state index in [0.717, 1.165) is 6.54 Å². The molecule has 88 valence electrons. The van der Waals surface area contributed by atoms with E-state index >= 15 is 0 Å². The lowest BCUT2D eigenvalue weighted by atomic mass is 9.85. The summed E-state index contributed by atoms with van der Waals surface area (Å²) in [6.45, 7) is 3.70. The standard InChI is InChI=1S/C10H18F2N2O/c11-10(12)1-3-14(4-2-10)6-9(5-13)7-15-8-9/h1-8,13H2. The van der Waals surface area contributed by atoms with Gasteiger partial charge in [-0.15, -0.1) is 0 Å². The van der Waals surface area contributed by atoms with Gasteiger partial charge in [-0.1, -0.05) is 0 Å². The number of piperidine rings is 1. The van der Waals surface area contributed by atoms with Gasteiger partial charge < -0.3 is 15.4 Å². The number of nitrogens with zero attached hydrogens (tertiary/aromatic N) is 1. The van der Waals surface area contributed by atoms with E-state index < -0.39 is 5.92 Å². The van der Waals surface area contributed by atoms with Crippen LogP contribution in [0.4, 0.5) is 8.78 Å². The Morgan fingerprint density at radius 3 is 2.20 bits per heavy atom. The molecule has 0 atom stereocenters. The van der Waals surface area contributed by atoms with Crippen LogP contribution in [0.3, 0.4) is 0 Å². The van der Waals surface area contributed by atoms with Crippen LogP contribution in [-0.4, -0.2) is 50.2 Å². The molecule has 0 spiro atoms. The molecule has 2 fully saturated rings. The Morgan fingerprint density at radius 2 is 1.80 bits per heavy atom. The zero-order valence-electron chi connectivity index (χ0n) is 8.85. The molecule has 15 heavy (non-hydrogen) atoms. The number of likely N-dealkylation sites (tertiary alicyclic amines) is 1. The lowest BCUT2D eigenvalue weighted by Crippen LogP contribution is -2.56. The molecule has 0 bridgehead atoms. The fourth-order valence-corrected chi connectivity index (χ4v) is 2.18.